The molecule has 0 heterocycles. The molecule has 0 aliphatic heterocycles. The molecule has 0 aliphatic carbocycles. The average Bonchev–Trinajstić information content (AvgIpc) is 2.40. The Morgan fingerprint density at radius 1 is 0.913 bits per heavy atom. The molecule has 0 fully saturated rings. The molecule has 0 saturated carbocycles. The molecule has 0 aromatic rings. The van der Waals surface area contributed by atoms with Crippen LogP contribution in [0.2, 0.25) is 0 Å². The van der Waals surface area contributed by atoms with E-state index in [4.69, 9.17) is 4.74 Å². The Bertz CT molecular complexity index is 404. The van der Waals surface area contributed by atoms with Gasteiger partial charge in [0.2, 0.25) is 0 Å². The lowest BCUT2D eigenvalue weighted by Gasteiger charge is -2.20. The van der Waals surface area contributed by atoms with Crippen molar-refractivity contribution in [3.63, 3.8) is 0 Å². The molecule has 0 saturated heterocycles. The Hall–Kier alpha value is -1.41. The summed E-state index contributed by atoms with van der Waals surface area (Å²) in [5.41, 5.74) is -0.615. The van der Waals surface area contributed by atoms with Crippen LogP contribution in [0.3, 0.4) is 0 Å². The molecule has 23 heavy (non-hydrogen) atoms. The highest BCUT2D eigenvalue weighted by atomic mass is 19.4. The summed E-state index contributed by atoms with van der Waals surface area (Å²) in [5, 5.41) is 0. The third kappa shape index (κ3) is 7.60. The summed E-state index contributed by atoms with van der Waals surface area (Å²) >= 11 is 0. The third-order valence-corrected chi connectivity index (χ3v) is 3.25. The molecule has 0 spiro atoms. The van der Waals surface area contributed by atoms with E-state index in [-0.39, 0.29) is 25.6 Å². The van der Waals surface area contributed by atoms with E-state index in [1.165, 1.54) is 0 Å². The lowest BCUT2D eigenvalue weighted by Crippen LogP contribution is -2.38. The molecule has 0 unspecified atom stereocenters. The molecular formula is C14H21F5O4. The van der Waals surface area contributed by atoms with Crippen molar-refractivity contribution in [1.29, 1.82) is 0 Å². The first kappa shape index (κ1) is 21.6. The molecular weight excluding hydrogens is 327 g/mol. The number of carbonyl (C=O) groups excluding carboxylic acids is 2. The summed E-state index contributed by atoms with van der Waals surface area (Å²) in [4.78, 5) is 22.5. The van der Waals surface area contributed by atoms with E-state index in [1.54, 1.807) is 13.8 Å². The van der Waals surface area contributed by atoms with E-state index < -0.39 is 29.9 Å². The van der Waals surface area contributed by atoms with Gasteiger partial charge in [0.05, 0.1) is 18.6 Å². The summed E-state index contributed by atoms with van der Waals surface area (Å²) in [6.07, 6.45) is -6.75. The first-order valence-corrected chi connectivity index (χ1v) is 7.11. The molecule has 0 atom stereocenters. The van der Waals surface area contributed by atoms with E-state index >= 15 is 0 Å². The Kier molecular flexibility index (Phi) is 7.93. The van der Waals surface area contributed by atoms with Crippen molar-refractivity contribution in [2.45, 2.75) is 58.6 Å². The predicted molar refractivity (Wildman–Crippen MR) is 70.8 cm³/mol. The van der Waals surface area contributed by atoms with Crippen molar-refractivity contribution >= 4 is 11.9 Å². The summed E-state index contributed by atoms with van der Waals surface area (Å²) in [6.45, 7) is 5.01. The summed E-state index contributed by atoms with van der Waals surface area (Å²) in [6, 6.07) is 0. The standard InChI is InChI=1S/C14H21F5O4/c1-4-12(2,3)11(21)23-8-6-5-7-22-10(20)9-13(15,16)14(17,18)19/h4-9H2,1-3H3. The Balaban J connectivity index is 3.90. The van der Waals surface area contributed by atoms with Gasteiger partial charge in [-0.25, -0.2) is 0 Å². The van der Waals surface area contributed by atoms with Crippen LogP contribution in [0.5, 0.6) is 0 Å². The van der Waals surface area contributed by atoms with Gasteiger partial charge >= 0.3 is 24.0 Å². The molecule has 0 aromatic carbocycles. The number of alkyl halides is 5. The number of carbonyl (C=O) groups is 2. The van der Waals surface area contributed by atoms with Crippen LogP contribution >= 0.6 is 0 Å². The third-order valence-electron chi connectivity index (χ3n) is 3.25. The minimum absolute atomic E-state index is 0.0541. The predicted octanol–water partition coefficient (Wildman–Crippen LogP) is 3.88. The molecule has 0 N–H and O–H groups in total. The summed E-state index contributed by atoms with van der Waals surface area (Å²) in [5.74, 6) is -7.12. The number of hydrogen-bond donors (Lipinski definition) is 0. The zero-order valence-corrected chi connectivity index (χ0v) is 13.3. The molecule has 9 heteroatoms. The van der Waals surface area contributed by atoms with Gasteiger partial charge in [-0.2, -0.15) is 22.0 Å². The zero-order valence-electron chi connectivity index (χ0n) is 13.3. The molecule has 136 valence electrons. The maximum atomic E-state index is 12.6. The zero-order chi connectivity index (χ0) is 18.3. The second-order valence-corrected chi connectivity index (χ2v) is 5.68. The normalized spacial score (nSPS) is 12.9. The van der Waals surface area contributed by atoms with Crippen molar-refractivity contribution in [1.82, 2.24) is 0 Å². The lowest BCUT2D eigenvalue weighted by molar-refractivity contribution is -0.283. The molecule has 4 nitrogen and oxygen atoms in total. The van der Waals surface area contributed by atoms with E-state index in [2.05, 4.69) is 4.74 Å². The van der Waals surface area contributed by atoms with Gasteiger partial charge in [-0.05, 0) is 33.1 Å². The topological polar surface area (TPSA) is 52.6 Å². The fraction of sp³-hybridized carbons (Fsp3) is 0.857. The van der Waals surface area contributed by atoms with Crippen LogP contribution in [0, 0.1) is 5.41 Å². The van der Waals surface area contributed by atoms with Gasteiger partial charge in [0.15, 0.2) is 0 Å². The van der Waals surface area contributed by atoms with Gasteiger partial charge in [0.1, 0.15) is 6.42 Å². The second kappa shape index (κ2) is 8.44. The van der Waals surface area contributed by atoms with Crippen LogP contribution in [0.25, 0.3) is 0 Å². The fourth-order valence-electron chi connectivity index (χ4n) is 1.23. The molecule has 0 aromatic heterocycles. The maximum Gasteiger partial charge on any atom is 0.453 e. The van der Waals surface area contributed by atoms with Gasteiger partial charge < -0.3 is 9.47 Å². The van der Waals surface area contributed by atoms with Crippen LogP contribution < -0.4 is 0 Å². The summed E-state index contributed by atoms with van der Waals surface area (Å²) < 4.78 is 70.0. The van der Waals surface area contributed by atoms with E-state index in [9.17, 15) is 31.5 Å². The Morgan fingerprint density at radius 3 is 1.83 bits per heavy atom. The summed E-state index contributed by atoms with van der Waals surface area (Å²) in [7, 11) is 0. The average molecular weight is 348 g/mol. The van der Waals surface area contributed by atoms with Crippen molar-refractivity contribution in [3.05, 3.63) is 0 Å². The minimum Gasteiger partial charge on any atom is -0.466 e. The largest absolute Gasteiger partial charge is 0.466 e. The minimum atomic E-state index is -5.79. The van der Waals surface area contributed by atoms with Crippen LogP contribution in [0.4, 0.5) is 22.0 Å². The monoisotopic (exact) mass is 348 g/mol. The smallest absolute Gasteiger partial charge is 0.453 e. The quantitative estimate of drug-likeness (QED) is 0.360. The van der Waals surface area contributed by atoms with Crippen molar-refractivity contribution in [2.75, 3.05) is 13.2 Å². The molecule has 0 rings (SSSR count). The van der Waals surface area contributed by atoms with Crippen molar-refractivity contribution in [3.8, 4) is 0 Å². The number of rotatable bonds is 9. The Morgan fingerprint density at radius 2 is 1.39 bits per heavy atom. The van der Waals surface area contributed by atoms with Gasteiger partial charge in [-0.3, -0.25) is 9.59 Å². The highest BCUT2D eigenvalue weighted by molar-refractivity contribution is 5.75. The number of esters is 2. The van der Waals surface area contributed by atoms with Gasteiger partial charge in [-0.15, -0.1) is 0 Å². The Labute approximate surface area is 131 Å². The van der Waals surface area contributed by atoms with Crippen LogP contribution in [0.15, 0.2) is 0 Å². The van der Waals surface area contributed by atoms with Crippen LogP contribution in [-0.4, -0.2) is 37.3 Å². The fourth-order valence-corrected chi connectivity index (χ4v) is 1.23. The van der Waals surface area contributed by atoms with Crippen LogP contribution in [0.1, 0.15) is 46.5 Å². The molecule has 0 amide bonds. The lowest BCUT2D eigenvalue weighted by atomic mass is 9.91. The van der Waals surface area contributed by atoms with E-state index in [0.29, 0.717) is 12.8 Å². The van der Waals surface area contributed by atoms with E-state index in [1.807, 2.05) is 6.92 Å². The SMILES string of the molecule is CCC(C)(C)C(=O)OCCCCOC(=O)CC(F)(F)C(F)(F)F. The first-order chi connectivity index (χ1) is 10.3. The number of unbranched alkanes of at least 4 members (excludes halogenated alkanes) is 1. The number of hydrogen-bond acceptors (Lipinski definition) is 4. The first-order valence-electron chi connectivity index (χ1n) is 7.11. The van der Waals surface area contributed by atoms with E-state index in [0.717, 1.165) is 0 Å². The number of ether oxygens (including phenoxy) is 2. The van der Waals surface area contributed by atoms with Gasteiger partial charge in [0.25, 0.3) is 0 Å². The van der Waals surface area contributed by atoms with Crippen molar-refractivity contribution in [2.24, 2.45) is 5.41 Å². The molecule has 0 bridgehead atoms. The highest BCUT2D eigenvalue weighted by Gasteiger charge is 2.58. The van der Waals surface area contributed by atoms with Gasteiger partial charge in [-0.1, -0.05) is 6.92 Å². The van der Waals surface area contributed by atoms with Crippen LogP contribution in [-0.2, 0) is 19.1 Å². The second-order valence-electron chi connectivity index (χ2n) is 5.68. The van der Waals surface area contributed by atoms with Crippen molar-refractivity contribution < 1.29 is 41.0 Å². The van der Waals surface area contributed by atoms with Gasteiger partial charge in [0, 0.05) is 0 Å². The molecule has 0 radical (unpaired) electrons. The maximum absolute atomic E-state index is 12.6. The molecule has 0 aliphatic rings. The highest BCUT2D eigenvalue weighted by Crippen LogP contribution is 2.38. The number of halogens is 5.